The van der Waals surface area contributed by atoms with Gasteiger partial charge in [0.25, 0.3) is 0 Å². The molecule has 4 bridgehead atoms. The first-order valence-electron chi connectivity index (χ1n) is 34.7. The van der Waals surface area contributed by atoms with Crippen LogP contribution in [0.1, 0.15) is 127 Å². The van der Waals surface area contributed by atoms with Gasteiger partial charge in [0.1, 0.15) is 33.7 Å². The van der Waals surface area contributed by atoms with E-state index < -0.39 is 86.7 Å². The van der Waals surface area contributed by atoms with E-state index in [1.807, 2.05) is 40.1 Å². The maximum Gasteiger partial charge on any atom is 0.238 e. The minimum Gasteiger partial charge on any atom is -0.378 e. The maximum atomic E-state index is 14.1. The number of hydrogen-bond acceptors (Lipinski definition) is 11. The van der Waals surface area contributed by atoms with E-state index in [9.17, 15) is 68.3 Å². The Hall–Kier alpha value is -7.13. The first-order valence-corrected chi connectivity index (χ1v) is 34.7. The zero-order valence-corrected chi connectivity index (χ0v) is 56.6. The van der Waals surface area contributed by atoms with Crippen molar-refractivity contribution in [3.05, 3.63) is 141 Å². The van der Waals surface area contributed by atoms with Gasteiger partial charge in [-0.15, -0.1) is 0 Å². The standard InChI is InChI=1S/C27H32F3N3O2.C24H32F3N3O3.C22H28F3N3O3/c1-27(2,25(34)32-15-16-6-4-3-5-7-16)26(35)33-19-8-9-20(33)11-18(10-19)24(31)13-17-12-22(29)23(30)14-21(17)28;1-24(2,22(31)29-5-7-33-8-6-29)23(32)30-16-3-4-17(30)10-15(9-16)21(28)12-14-11-19(26)20(27)13-18(14)25;23-16-13-18(25)17(24)11-15(16)12-19(26)14-1-5-27(6-2-14)20(29)22(3-4-22)21(30)28-7-9-31-10-8-28/h3-7,12,14,18-20,24H,8-11,13,15,31H2,1-2H3,(H,32,34);11,13,15-17,21H,3-10,12,28H2,1-2H3;11,13-14,19H,1-10,12,26H2/t18?,19-,20+,24-;15?,16-,17+,21-;19-/m111/s1. The molecule has 2 unspecified atom stereocenters. The lowest BCUT2D eigenvalue weighted by molar-refractivity contribution is -0.160. The Balaban J connectivity index is 0.000000161. The number of ether oxygens (including phenoxy) is 2. The summed E-state index contributed by atoms with van der Waals surface area (Å²) in [6.45, 7) is 12.0. The SMILES string of the molecule is CC(C)(C(=O)N1CCOCC1)C(=O)N1[C@@H]2CC[C@H]1CC([C@H](N)Cc1cc(F)c(F)cc1F)C2.CC(C)(C(=O)NCc1ccccc1)C(=O)N1[C@@H]2CC[C@H]1CC([C@H](N)Cc1cc(F)c(F)cc1F)C2.N[C@H](Cc1cc(F)c(F)cc1F)C1CCN(C(=O)C2(C(=O)N3CCOCC3)CC2)CC1. The van der Waals surface area contributed by atoms with Crippen LogP contribution < -0.4 is 22.5 Å². The number of morpholine rings is 2. The molecule has 8 aliphatic rings. The summed E-state index contributed by atoms with van der Waals surface area (Å²) in [5, 5.41) is 2.88. The van der Waals surface area contributed by atoms with Gasteiger partial charge < -0.3 is 56.5 Å². The molecule has 7 saturated heterocycles. The summed E-state index contributed by atoms with van der Waals surface area (Å²) in [6.07, 6.45) is 8.58. The number of benzene rings is 4. The highest BCUT2D eigenvalue weighted by atomic mass is 19.2. The van der Waals surface area contributed by atoms with Gasteiger partial charge >= 0.3 is 0 Å². The fourth-order valence-electron chi connectivity index (χ4n) is 15.8. The lowest BCUT2D eigenvalue weighted by atomic mass is 9.80. The Labute approximate surface area is 572 Å². The first kappa shape index (κ1) is 74.6. The number of fused-ring (bicyclic) bond motifs is 4. The second kappa shape index (κ2) is 31.4. The van der Waals surface area contributed by atoms with Crippen LogP contribution in [0.4, 0.5) is 39.5 Å². The average molecular weight is 1390 g/mol. The molecular weight excluding hydrogens is 1300 g/mol. The van der Waals surface area contributed by atoms with E-state index in [1.165, 1.54) is 0 Å². The Kier molecular flexibility index (Phi) is 23.7. The smallest absolute Gasteiger partial charge is 0.238 e. The maximum absolute atomic E-state index is 14.1. The van der Waals surface area contributed by atoms with Crippen LogP contribution >= 0.6 is 0 Å². The number of likely N-dealkylation sites (tertiary alicyclic amines) is 1. The van der Waals surface area contributed by atoms with Crippen LogP contribution in [0.2, 0.25) is 0 Å². The lowest BCUT2D eigenvalue weighted by Crippen LogP contribution is -2.58. The van der Waals surface area contributed by atoms with E-state index in [0.29, 0.717) is 142 Å². The van der Waals surface area contributed by atoms with E-state index in [-0.39, 0.29) is 113 Å². The Morgan fingerprint density at radius 1 is 0.455 bits per heavy atom. The Morgan fingerprint density at radius 3 is 1.18 bits per heavy atom. The van der Waals surface area contributed by atoms with Crippen molar-refractivity contribution in [3.63, 3.8) is 0 Å². The van der Waals surface area contributed by atoms with Gasteiger partial charge in [-0.3, -0.25) is 28.8 Å². The number of amides is 6. The number of halogens is 9. The van der Waals surface area contributed by atoms with E-state index in [0.717, 1.165) is 49.4 Å². The van der Waals surface area contributed by atoms with Crippen molar-refractivity contribution >= 4 is 35.4 Å². The normalized spacial score (nSPS) is 23.8. The molecule has 1 aliphatic carbocycles. The summed E-state index contributed by atoms with van der Waals surface area (Å²) in [4.78, 5) is 88.1. The largest absolute Gasteiger partial charge is 0.378 e. The van der Waals surface area contributed by atoms with E-state index in [2.05, 4.69) is 5.32 Å². The number of nitrogens with one attached hydrogen (secondary N) is 1. The quantitative estimate of drug-likeness (QED) is 0.0445. The molecule has 1 saturated carbocycles. The van der Waals surface area contributed by atoms with E-state index in [4.69, 9.17) is 26.7 Å². The van der Waals surface area contributed by atoms with Crippen LogP contribution in [0, 0.1) is 86.4 Å². The summed E-state index contributed by atoms with van der Waals surface area (Å²) in [5.74, 6) is -10.3. The van der Waals surface area contributed by atoms with Gasteiger partial charge in [-0.1, -0.05) is 30.3 Å². The summed E-state index contributed by atoms with van der Waals surface area (Å²) < 4.78 is 133. The number of piperidine rings is 3. The third kappa shape index (κ3) is 16.8. The lowest BCUT2D eigenvalue weighted by Gasteiger charge is -2.44. The summed E-state index contributed by atoms with van der Waals surface area (Å²) in [7, 11) is 0. The molecule has 8 fully saturated rings. The molecule has 0 radical (unpaired) electrons. The molecule has 9 atom stereocenters. The number of carbonyl (C=O) groups excluding carboxylic acids is 6. The zero-order valence-electron chi connectivity index (χ0n) is 56.6. The van der Waals surface area contributed by atoms with Gasteiger partial charge in [-0.2, -0.15) is 0 Å². The number of rotatable bonds is 17. The van der Waals surface area contributed by atoms with Gasteiger partial charge in [0.15, 0.2) is 34.9 Å². The second-order valence-electron chi connectivity index (χ2n) is 29.3. The zero-order chi connectivity index (χ0) is 71.4. The minimum atomic E-state index is -1.22. The van der Waals surface area contributed by atoms with Crippen molar-refractivity contribution in [1.29, 1.82) is 0 Å². The predicted octanol–water partition coefficient (Wildman–Crippen LogP) is 8.57. The summed E-state index contributed by atoms with van der Waals surface area (Å²) in [5.41, 5.74) is 16.8. The van der Waals surface area contributed by atoms with Gasteiger partial charge in [0, 0.05) is 106 Å². The van der Waals surface area contributed by atoms with Crippen molar-refractivity contribution in [2.24, 2.45) is 51.2 Å². The minimum absolute atomic E-state index is 0.0130. The van der Waals surface area contributed by atoms with Crippen LogP contribution in [0.15, 0.2) is 66.7 Å². The van der Waals surface area contributed by atoms with Crippen molar-refractivity contribution in [2.45, 2.75) is 173 Å². The molecule has 99 heavy (non-hydrogen) atoms. The van der Waals surface area contributed by atoms with Crippen molar-refractivity contribution < 1.29 is 77.8 Å². The fourth-order valence-corrected chi connectivity index (χ4v) is 15.8. The fraction of sp³-hybridized carbons (Fsp3) is 0.589. The Bertz CT molecular complexity index is 3560. The summed E-state index contributed by atoms with van der Waals surface area (Å²) in [6, 6.07) is 12.3. The van der Waals surface area contributed by atoms with Crippen LogP contribution in [-0.2, 0) is 64.0 Å². The van der Waals surface area contributed by atoms with E-state index >= 15 is 0 Å². The third-order valence-electron chi connectivity index (χ3n) is 21.9. The van der Waals surface area contributed by atoms with Crippen molar-refractivity contribution in [1.82, 2.24) is 29.8 Å². The highest BCUT2D eigenvalue weighted by Crippen LogP contribution is 2.50. The molecule has 4 aromatic rings. The van der Waals surface area contributed by atoms with E-state index in [1.54, 1.807) is 42.4 Å². The van der Waals surface area contributed by atoms with Gasteiger partial charge in [-0.25, -0.2) is 39.5 Å². The molecule has 0 aromatic heterocycles. The molecule has 0 spiro atoms. The van der Waals surface area contributed by atoms with Gasteiger partial charge in [0.05, 0.1) is 26.4 Å². The number of carbonyl (C=O) groups is 6. The molecule has 540 valence electrons. The average Bonchev–Trinajstić information content (AvgIpc) is 1.59. The van der Waals surface area contributed by atoms with Crippen LogP contribution in [0.25, 0.3) is 0 Å². The molecule has 7 heterocycles. The number of nitrogens with zero attached hydrogens (tertiary/aromatic N) is 5. The molecule has 26 heteroatoms. The molecule has 17 nitrogen and oxygen atoms in total. The summed E-state index contributed by atoms with van der Waals surface area (Å²) >= 11 is 0. The topological polar surface area (TPSA) is 227 Å². The third-order valence-corrected chi connectivity index (χ3v) is 21.9. The van der Waals surface area contributed by atoms with Crippen LogP contribution in [0.5, 0.6) is 0 Å². The first-order chi connectivity index (χ1) is 47.0. The molecule has 6 amide bonds. The molecule has 12 rings (SSSR count). The monoisotopic (exact) mass is 1390 g/mol. The highest BCUT2D eigenvalue weighted by Gasteiger charge is 2.60. The van der Waals surface area contributed by atoms with Gasteiger partial charge in [-0.05, 0) is 182 Å². The van der Waals surface area contributed by atoms with Crippen molar-refractivity contribution in [2.75, 3.05) is 65.7 Å². The highest BCUT2D eigenvalue weighted by molar-refractivity contribution is 6.08. The molecule has 4 aromatic carbocycles. The van der Waals surface area contributed by atoms with Crippen LogP contribution in [-0.4, -0.2) is 168 Å². The molecular formula is C73H92F9N9O8. The molecule has 7 N–H and O–H groups in total. The predicted molar refractivity (Wildman–Crippen MR) is 348 cm³/mol. The number of hydrogen-bond donors (Lipinski definition) is 4. The van der Waals surface area contributed by atoms with Crippen LogP contribution in [0.3, 0.4) is 0 Å². The molecule has 7 aliphatic heterocycles. The van der Waals surface area contributed by atoms with Crippen molar-refractivity contribution in [3.8, 4) is 0 Å². The van der Waals surface area contributed by atoms with Gasteiger partial charge in [0.2, 0.25) is 35.4 Å². The Morgan fingerprint density at radius 2 is 0.798 bits per heavy atom. The second-order valence-corrected chi connectivity index (χ2v) is 29.3. The number of nitrogens with two attached hydrogens (primary N) is 3.